The Balaban J connectivity index is 2.03. The van der Waals surface area contributed by atoms with Crippen molar-refractivity contribution in [1.29, 1.82) is 0 Å². The van der Waals surface area contributed by atoms with Gasteiger partial charge in [0.1, 0.15) is 5.75 Å². The van der Waals surface area contributed by atoms with Crippen molar-refractivity contribution < 1.29 is 9.90 Å². The second-order valence-corrected chi connectivity index (χ2v) is 8.00. The van der Waals surface area contributed by atoms with Crippen molar-refractivity contribution in [3.63, 3.8) is 0 Å². The van der Waals surface area contributed by atoms with Gasteiger partial charge in [0, 0.05) is 16.6 Å². The molecule has 0 amide bonds. The summed E-state index contributed by atoms with van der Waals surface area (Å²) in [6.45, 7) is 8.64. The highest BCUT2D eigenvalue weighted by molar-refractivity contribution is 6.11. The minimum atomic E-state index is -0.159. The predicted molar refractivity (Wildman–Crippen MR) is 102 cm³/mol. The molecule has 3 heteroatoms. The minimum absolute atomic E-state index is 0.0191. The molecule has 3 nitrogen and oxygen atoms in total. The van der Waals surface area contributed by atoms with E-state index in [0.717, 1.165) is 12.0 Å². The summed E-state index contributed by atoms with van der Waals surface area (Å²) >= 11 is 0. The van der Waals surface area contributed by atoms with E-state index >= 15 is 0 Å². The molecule has 25 heavy (non-hydrogen) atoms. The van der Waals surface area contributed by atoms with E-state index in [0.29, 0.717) is 11.1 Å². The van der Waals surface area contributed by atoms with Crippen LogP contribution in [0.4, 0.5) is 0 Å². The quantitative estimate of drug-likeness (QED) is 0.809. The smallest absolute Gasteiger partial charge is 0.196 e. The summed E-state index contributed by atoms with van der Waals surface area (Å²) in [5, 5.41) is 13.8. The fourth-order valence-corrected chi connectivity index (χ4v) is 3.76. The first kappa shape index (κ1) is 17.4. The van der Waals surface area contributed by atoms with Gasteiger partial charge in [0.05, 0.1) is 5.56 Å². The van der Waals surface area contributed by atoms with E-state index in [4.69, 9.17) is 0 Å². The first-order valence-corrected chi connectivity index (χ1v) is 8.61. The van der Waals surface area contributed by atoms with Crippen LogP contribution in [0.5, 0.6) is 5.75 Å². The highest BCUT2D eigenvalue weighted by Gasteiger charge is 2.32. The van der Waals surface area contributed by atoms with Crippen LogP contribution in [0.1, 0.15) is 55.6 Å². The lowest BCUT2D eigenvalue weighted by Crippen LogP contribution is -2.53. The lowest BCUT2D eigenvalue weighted by Gasteiger charge is -2.41. The van der Waals surface area contributed by atoms with Gasteiger partial charge in [-0.1, -0.05) is 42.5 Å². The molecule has 3 rings (SSSR count). The molecule has 130 valence electrons. The van der Waals surface area contributed by atoms with Crippen molar-refractivity contribution in [1.82, 2.24) is 5.32 Å². The van der Waals surface area contributed by atoms with Gasteiger partial charge in [-0.2, -0.15) is 0 Å². The Labute approximate surface area is 149 Å². The molecule has 1 heterocycles. The molecule has 0 saturated carbocycles. The van der Waals surface area contributed by atoms with Crippen molar-refractivity contribution >= 4 is 11.4 Å². The van der Waals surface area contributed by atoms with Crippen molar-refractivity contribution in [2.45, 2.75) is 45.2 Å². The monoisotopic (exact) mass is 335 g/mol. The largest absolute Gasteiger partial charge is 0.507 e. The van der Waals surface area contributed by atoms with Gasteiger partial charge in [-0.05, 0) is 57.4 Å². The number of carbonyl (C=O) groups excluding carboxylic acids is 1. The molecule has 0 aromatic heterocycles. The van der Waals surface area contributed by atoms with E-state index in [1.54, 1.807) is 18.2 Å². The number of rotatable bonds is 3. The molecule has 2 aromatic rings. The number of phenolic OH excluding ortho intramolecular Hbond substituents is 1. The fourth-order valence-electron chi connectivity index (χ4n) is 3.76. The lowest BCUT2D eigenvalue weighted by atomic mass is 9.80. The van der Waals surface area contributed by atoms with Gasteiger partial charge >= 0.3 is 0 Å². The van der Waals surface area contributed by atoms with Crippen molar-refractivity contribution in [2.24, 2.45) is 0 Å². The Morgan fingerprint density at radius 3 is 2.36 bits per heavy atom. The number of ketones is 1. The zero-order valence-corrected chi connectivity index (χ0v) is 15.3. The molecule has 0 aliphatic carbocycles. The SMILES string of the molecule is CC1(C)C=C(c2ccc(O)c(C(=O)c3ccccc3)c2)CC(C)(C)N1. The Kier molecular flexibility index (Phi) is 4.29. The van der Waals surface area contributed by atoms with Crippen molar-refractivity contribution in [2.75, 3.05) is 0 Å². The summed E-state index contributed by atoms with van der Waals surface area (Å²) < 4.78 is 0. The maximum atomic E-state index is 12.8. The normalized spacial score (nSPS) is 18.5. The van der Waals surface area contributed by atoms with Gasteiger partial charge in [0.2, 0.25) is 0 Å². The molecule has 0 radical (unpaired) electrons. The Hall–Kier alpha value is -2.39. The summed E-state index contributed by atoms with van der Waals surface area (Å²) in [6, 6.07) is 14.4. The third-order valence-electron chi connectivity index (χ3n) is 4.48. The van der Waals surface area contributed by atoms with Crippen LogP contribution in [0.25, 0.3) is 5.57 Å². The summed E-state index contributed by atoms with van der Waals surface area (Å²) in [5.74, 6) is -0.140. The Morgan fingerprint density at radius 1 is 1.04 bits per heavy atom. The van der Waals surface area contributed by atoms with E-state index < -0.39 is 0 Å². The molecule has 2 N–H and O–H groups in total. The second kappa shape index (κ2) is 6.16. The second-order valence-electron chi connectivity index (χ2n) is 8.00. The third-order valence-corrected chi connectivity index (χ3v) is 4.48. The van der Waals surface area contributed by atoms with E-state index in [-0.39, 0.29) is 22.6 Å². The van der Waals surface area contributed by atoms with Gasteiger partial charge in [0.25, 0.3) is 0 Å². The molecular weight excluding hydrogens is 310 g/mol. The van der Waals surface area contributed by atoms with E-state index in [9.17, 15) is 9.90 Å². The summed E-state index contributed by atoms with van der Waals surface area (Å²) in [5.41, 5.74) is 2.94. The van der Waals surface area contributed by atoms with Gasteiger partial charge in [0.15, 0.2) is 5.78 Å². The first-order valence-electron chi connectivity index (χ1n) is 8.61. The zero-order valence-electron chi connectivity index (χ0n) is 15.3. The zero-order chi connectivity index (χ0) is 18.2. The topological polar surface area (TPSA) is 49.3 Å². The average molecular weight is 335 g/mol. The van der Waals surface area contributed by atoms with Gasteiger partial charge < -0.3 is 10.4 Å². The molecule has 0 spiro atoms. The van der Waals surface area contributed by atoms with Crippen LogP contribution in [0.2, 0.25) is 0 Å². The molecule has 0 unspecified atom stereocenters. The van der Waals surface area contributed by atoms with Crippen LogP contribution in [0.15, 0.2) is 54.6 Å². The molecule has 1 aliphatic heterocycles. The van der Waals surface area contributed by atoms with E-state index in [1.807, 2.05) is 30.3 Å². The molecule has 2 aromatic carbocycles. The van der Waals surface area contributed by atoms with E-state index in [1.165, 1.54) is 5.57 Å². The van der Waals surface area contributed by atoms with Gasteiger partial charge in [-0.25, -0.2) is 0 Å². The maximum absolute atomic E-state index is 12.8. The minimum Gasteiger partial charge on any atom is -0.507 e. The van der Waals surface area contributed by atoms with Gasteiger partial charge in [-0.3, -0.25) is 4.79 Å². The van der Waals surface area contributed by atoms with Crippen LogP contribution < -0.4 is 5.32 Å². The first-order chi connectivity index (χ1) is 11.7. The van der Waals surface area contributed by atoms with E-state index in [2.05, 4.69) is 39.1 Å². The van der Waals surface area contributed by atoms with Crippen LogP contribution in [0, 0.1) is 0 Å². The molecule has 0 fully saturated rings. The number of hydrogen-bond donors (Lipinski definition) is 2. The molecule has 0 saturated heterocycles. The van der Waals surface area contributed by atoms with Crippen molar-refractivity contribution in [3.05, 3.63) is 71.3 Å². The van der Waals surface area contributed by atoms with Crippen LogP contribution in [-0.2, 0) is 0 Å². The average Bonchev–Trinajstić information content (AvgIpc) is 2.52. The predicted octanol–water partition coefficient (Wildman–Crippen LogP) is 4.56. The third kappa shape index (κ3) is 3.83. The standard InChI is InChI=1S/C22H25NO2/c1-21(2)13-17(14-22(3,4)23-21)16-10-11-19(24)18(12-16)20(25)15-8-6-5-7-9-15/h5-13,23-24H,14H2,1-4H3. The molecule has 0 atom stereocenters. The van der Waals surface area contributed by atoms with Crippen LogP contribution >= 0.6 is 0 Å². The summed E-state index contributed by atoms with van der Waals surface area (Å²) in [7, 11) is 0. The fraction of sp³-hybridized carbons (Fsp3) is 0.318. The lowest BCUT2D eigenvalue weighted by molar-refractivity contribution is 0.103. The molecule has 0 bridgehead atoms. The van der Waals surface area contributed by atoms with Crippen LogP contribution in [0.3, 0.4) is 0 Å². The summed E-state index contributed by atoms with van der Waals surface area (Å²) in [6.07, 6.45) is 3.07. The number of carbonyl (C=O) groups is 1. The Bertz CT molecular complexity index is 832. The summed E-state index contributed by atoms with van der Waals surface area (Å²) in [4.78, 5) is 12.8. The number of phenols is 1. The number of nitrogens with one attached hydrogen (secondary N) is 1. The molecular formula is C22H25NO2. The number of aromatic hydroxyl groups is 1. The molecule has 1 aliphatic rings. The maximum Gasteiger partial charge on any atom is 0.196 e. The highest BCUT2D eigenvalue weighted by Crippen LogP contribution is 2.35. The number of hydrogen-bond acceptors (Lipinski definition) is 3. The number of benzene rings is 2. The van der Waals surface area contributed by atoms with Crippen molar-refractivity contribution in [3.8, 4) is 5.75 Å². The highest BCUT2D eigenvalue weighted by atomic mass is 16.3. The van der Waals surface area contributed by atoms with Crippen LogP contribution in [-0.4, -0.2) is 22.0 Å². The van der Waals surface area contributed by atoms with Gasteiger partial charge in [-0.15, -0.1) is 0 Å². The Morgan fingerprint density at radius 2 is 1.72 bits per heavy atom.